The van der Waals surface area contributed by atoms with Gasteiger partial charge in [0.25, 0.3) is 5.91 Å². The minimum atomic E-state index is -0.181. The van der Waals surface area contributed by atoms with Crippen molar-refractivity contribution in [2.75, 3.05) is 34.2 Å². The largest absolute Gasteiger partial charge is 0.358 e. The molecule has 1 heterocycles. The second-order valence-corrected chi connectivity index (χ2v) is 7.38. The summed E-state index contributed by atoms with van der Waals surface area (Å²) in [6.07, 6.45) is 2.03. The van der Waals surface area contributed by atoms with Crippen LogP contribution in [0.2, 0.25) is 0 Å². The van der Waals surface area contributed by atoms with Gasteiger partial charge in [-0.15, -0.1) is 0 Å². The molecule has 2 N–H and O–H groups in total. The molecular weight excluding hydrogens is 378 g/mol. The van der Waals surface area contributed by atoms with E-state index in [1.165, 1.54) is 4.90 Å². The van der Waals surface area contributed by atoms with Crippen LogP contribution in [0.3, 0.4) is 0 Å². The number of amides is 2. The van der Waals surface area contributed by atoms with E-state index in [1.54, 1.807) is 14.1 Å². The van der Waals surface area contributed by atoms with E-state index >= 15 is 0 Å². The SMILES string of the molecule is CNC(=O)CN(C)C(=O)C[NH+](C)Cc1cn(-c2ccccc2)nc1-c1ccccc1. The molecule has 2 amide bonds. The van der Waals surface area contributed by atoms with Crippen LogP contribution in [0.4, 0.5) is 0 Å². The highest BCUT2D eigenvalue weighted by Crippen LogP contribution is 2.23. The smallest absolute Gasteiger partial charge is 0.277 e. The second-order valence-electron chi connectivity index (χ2n) is 7.38. The minimum absolute atomic E-state index is 0.0593. The van der Waals surface area contributed by atoms with Crippen molar-refractivity contribution in [3.63, 3.8) is 0 Å². The number of nitrogens with one attached hydrogen (secondary N) is 2. The van der Waals surface area contributed by atoms with Crippen LogP contribution >= 0.6 is 0 Å². The Morgan fingerprint density at radius 2 is 1.70 bits per heavy atom. The zero-order valence-electron chi connectivity index (χ0n) is 17.6. The molecule has 3 rings (SSSR count). The maximum Gasteiger partial charge on any atom is 0.277 e. The number of rotatable bonds is 8. The van der Waals surface area contributed by atoms with E-state index in [4.69, 9.17) is 5.10 Å². The van der Waals surface area contributed by atoms with Crippen molar-refractivity contribution in [2.45, 2.75) is 6.54 Å². The molecule has 156 valence electrons. The minimum Gasteiger partial charge on any atom is -0.358 e. The van der Waals surface area contributed by atoms with E-state index in [2.05, 4.69) is 5.32 Å². The monoisotopic (exact) mass is 406 g/mol. The third-order valence-electron chi connectivity index (χ3n) is 4.89. The van der Waals surface area contributed by atoms with Gasteiger partial charge < -0.3 is 15.1 Å². The van der Waals surface area contributed by atoms with Crippen LogP contribution in [-0.4, -0.2) is 60.7 Å². The summed E-state index contributed by atoms with van der Waals surface area (Å²) in [4.78, 5) is 26.5. The van der Waals surface area contributed by atoms with E-state index in [9.17, 15) is 9.59 Å². The Balaban J connectivity index is 1.79. The maximum absolute atomic E-state index is 12.5. The lowest BCUT2D eigenvalue weighted by molar-refractivity contribution is -0.885. The van der Waals surface area contributed by atoms with E-state index < -0.39 is 0 Å². The molecule has 0 aliphatic carbocycles. The van der Waals surface area contributed by atoms with Crippen LogP contribution < -0.4 is 10.2 Å². The summed E-state index contributed by atoms with van der Waals surface area (Å²) in [6.45, 7) is 0.985. The van der Waals surface area contributed by atoms with Gasteiger partial charge in [-0.1, -0.05) is 48.5 Å². The second kappa shape index (κ2) is 9.84. The number of carbonyl (C=O) groups excluding carboxylic acids is 2. The number of hydrogen-bond donors (Lipinski definition) is 2. The Morgan fingerprint density at radius 1 is 1.07 bits per heavy atom. The van der Waals surface area contributed by atoms with Crippen molar-refractivity contribution in [1.29, 1.82) is 0 Å². The zero-order valence-corrected chi connectivity index (χ0v) is 17.6. The number of carbonyl (C=O) groups is 2. The molecule has 0 saturated carbocycles. The average Bonchev–Trinajstić information content (AvgIpc) is 3.18. The number of aromatic nitrogens is 2. The Labute approximate surface area is 176 Å². The van der Waals surface area contributed by atoms with E-state index in [1.807, 2.05) is 78.6 Å². The average molecular weight is 407 g/mol. The summed E-state index contributed by atoms with van der Waals surface area (Å²) in [6, 6.07) is 20.0. The molecule has 0 saturated heterocycles. The van der Waals surface area contributed by atoms with Gasteiger partial charge in [-0.2, -0.15) is 5.10 Å². The number of benzene rings is 2. The van der Waals surface area contributed by atoms with Crippen LogP contribution in [0.15, 0.2) is 66.9 Å². The van der Waals surface area contributed by atoms with Crippen molar-refractivity contribution in [3.05, 3.63) is 72.4 Å². The van der Waals surface area contributed by atoms with E-state index in [0.29, 0.717) is 6.54 Å². The van der Waals surface area contributed by atoms with Crippen LogP contribution in [0.25, 0.3) is 16.9 Å². The number of quaternary nitrogens is 1. The quantitative estimate of drug-likeness (QED) is 0.580. The molecule has 2 aromatic carbocycles. The lowest BCUT2D eigenvalue weighted by Gasteiger charge is -2.19. The van der Waals surface area contributed by atoms with E-state index in [0.717, 1.165) is 27.4 Å². The highest BCUT2D eigenvalue weighted by Gasteiger charge is 2.20. The third-order valence-corrected chi connectivity index (χ3v) is 4.89. The molecule has 3 aromatic rings. The lowest BCUT2D eigenvalue weighted by atomic mass is 10.1. The summed E-state index contributed by atoms with van der Waals surface area (Å²) < 4.78 is 1.88. The normalized spacial score (nSPS) is 11.7. The first kappa shape index (κ1) is 21.3. The molecule has 0 fully saturated rings. The first-order valence-electron chi connectivity index (χ1n) is 9.93. The van der Waals surface area contributed by atoms with Gasteiger partial charge >= 0.3 is 0 Å². The van der Waals surface area contributed by atoms with E-state index in [-0.39, 0.29) is 24.9 Å². The number of para-hydroxylation sites is 1. The summed E-state index contributed by atoms with van der Waals surface area (Å²) in [5.74, 6) is -0.258. The van der Waals surface area contributed by atoms with Crippen LogP contribution in [-0.2, 0) is 16.1 Å². The van der Waals surface area contributed by atoms with Gasteiger partial charge in [0, 0.05) is 25.9 Å². The molecule has 7 heteroatoms. The molecule has 1 aromatic heterocycles. The molecule has 0 bridgehead atoms. The highest BCUT2D eigenvalue weighted by molar-refractivity contribution is 5.84. The van der Waals surface area contributed by atoms with Crippen molar-refractivity contribution in [2.24, 2.45) is 0 Å². The fourth-order valence-electron chi connectivity index (χ4n) is 3.25. The van der Waals surface area contributed by atoms with Crippen LogP contribution in [0, 0.1) is 0 Å². The van der Waals surface area contributed by atoms with Gasteiger partial charge in [0.15, 0.2) is 6.54 Å². The Hall–Kier alpha value is -3.45. The topological polar surface area (TPSA) is 71.7 Å². The number of hydrogen-bond acceptors (Lipinski definition) is 3. The van der Waals surface area contributed by atoms with Gasteiger partial charge in [0.2, 0.25) is 5.91 Å². The summed E-state index contributed by atoms with van der Waals surface area (Å²) in [5, 5.41) is 7.36. The number of likely N-dealkylation sites (N-methyl/N-ethyl adjacent to an activating group) is 3. The third kappa shape index (κ3) is 5.33. The Kier molecular flexibility index (Phi) is 6.98. The van der Waals surface area contributed by atoms with Crippen LogP contribution in [0.5, 0.6) is 0 Å². The van der Waals surface area contributed by atoms with Gasteiger partial charge in [0.05, 0.1) is 24.8 Å². The number of nitrogens with zero attached hydrogens (tertiary/aromatic N) is 3. The fourth-order valence-corrected chi connectivity index (χ4v) is 3.25. The summed E-state index contributed by atoms with van der Waals surface area (Å²) in [7, 11) is 5.18. The summed E-state index contributed by atoms with van der Waals surface area (Å²) >= 11 is 0. The molecular formula is C23H28N5O2+. The van der Waals surface area contributed by atoms with Crippen molar-refractivity contribution in [3.8, 4) is 16.9 Å². The summed E-state index contributed by atoms with van der Waals surface area (Å²) in [5.41, 5.74) is 3.99. The van der Waals surface area contributed by atoms with Crippen molar-refractivity contribution in [1.82, 2.24) is 20.0 Å². The lowest BCUT2D eigenvalue weighted by Crippen LogP contribution is -3.08. The molecule has 0 spiro atoms. The Bertz CT molecular complexity index is 985. The predicted octanol–water partition coefficient (Wildman–Crippen LogP) is 0.758. The molecule has 30 heavy (non-hydrogen) atoms. The standard InChI is InChI=1S/C23H27N5O2/c1-24-21(29)16-27(3)22(30)17-26(2)14-19-15-28(20-12-8-5-9-13-20)25-23(19)18-10-6-4-7-11-18/h4-13,15H,14,16-17H2,1-3H3,(H,24,29)/p+1. The highest BCUT2D eigenvalue weighted by atomic mass is 16.2. The molecule has 7 nitrogen and oxygen atoms in total. The maximum atomic E-state index is 12.5. The zero-order chi connectivity index (χ0) is 21.5. The Morgan fingerprint density at radius 3 is 2.33 bits per heavy atom. The first-order chi connectivity index (χ1) is 14.5. The van der Waals surface area contributed by atoms with Gasteiger partial charge in [-0.3, -0.25) is 9.59 Å². The predicted molar refractivity (Wildman–Crippen MR) is 116 cm³/mol. The first-order valence-corrected chi connectivity index (χ1v) is 9.93. The fraction of sp³-hybridized carbons (Fsp3) is 0.261. The van der Waals surface area contributed by atoms with Crippen molar-refractivity contribution < 1.29 is 14.5 Å². The van der Waals surface area contributed by atoms with Gasteiger partial charge in [-0.25, -0.2) is 4.68 Å². The van der Waals surface area contributed by atoms with Gasteiger partial charge in [0.1, 0.15) is 12.2 Å². The van der Waals surface area contributed by atoms with Crippen molar-refractivity contribution >= 4 is 11.8 Å². The van der Waals surface area contributed by atoms with Gasteiger partial charge in [-0.05, 0) is 12.1 Å². The molecule has 0 aliphatic heterocycles. The molecule has 0 radical (unpaired) electrons. The molecule has 1 atom stereocenters. The van der Waals surface area contributed by atoms with Crippen LogP contribution in [0.1, 0.15) is 5.56 Å². The molecule has 1 unspecified atom stereocenters. The molecule has 0 aliphatic rings.